The summed E-state index contributed by atoms with van der Waals surface area (Å²) < 4.78 is 0. The molecule has 2 fully saturated rings. The van der Waals surface area contributed by atoms with E-state index in [1.165, 1.54) is 25.7 Å². The summed E-state index contributed by atoms with van der Waals surface area (Å²) in [5.74, 6) is 2.03. The molecule has 0 aromatic heterocycles. The van der Waals surface area contributed by atoms with Crippen molar-refractivity contribution < 1.29 is 9.90 Å². The lowest BCUT2D eigenvalue weighted by molar-refractivity contribution is -0.132. The summed E-state index contributed by atoms with van der Waals surface area (Å²) >= 11 is 0. The molecule has 2 aliphatic carbocycles. The second kappa shape index (κ2) is 5.87. The Labute approximate surface area is 110 Å². The molecule has 3 nitrogen and oxygen atoms in total. The van der Waals surface area contributed by atoms with Crippen molar-refractivity contribution in [2.45, 2.75) is 39.0 Å². The minimum absolute atomic E-state index is 0.537. The molecule has 0 aromatic carbocycles. The smallest absolute Gasteiger partial charge is 0.331 e. The fraction of sp³-hybridized carbons (Fsp3) is 0.800. The maximum absolute atomic E-state index is 10.9. The van der Waals surface area contributed by atoms with Crippen LogP contribution in [-0.4, -0.2) is 36.1 Å². The summed E-state index contributed by atoms with van der Waals surface area (Å²) in [7, 11) is 2.11. The highest BCUT2D eigenvalue weighted by molar-refractivity contribution is 5.86. The average molecular weight is 251 g/mol. The van der Waals surface area contributed by atoms with Gasteiger partial charge in [-0.2, -0.15) is 0 Å². The van der Waals surface area contributed by atoms with Gasteiger partial charge in [0.15, 0.2) is 0 Å². The van der Waals surface area contributed by atoms with Crippen LogP contribution in [0.2, 0.25) is 0 Å². The molecular formula is C15H25NO2. The van der Waals surface area contributed by atoms with Crippen molar-refractivity contribution in [1.82, 2.24) is 4.90 Å². The van der Waals surface area contributed by atoms with Gasteiger partial charge in [-0.25, -0.2) is 4.79 Å². The van der Waals surface area contributed by atoms with Crippen LogP contribution in [0, 0.1) is 17.8 Å². The number of likely N-dealkylation sites (N-methyl/N-ethyl adjacent to an activating group) is 1. The molecular weight excluding hydrogens is 226 g/mol. The maximum atomic E-state index is 10.9. The number of hydrogen-bond acceptors (Lipinski definition) is 2. The zero-order valence-electron chi connectivity index (χ0n) is 11.6. The average Bonchev–Trinajstić information content (AvgIpc) is 2.91. The van der Waals surface area contributed by atoms with Gasteiger partial charge in [0.1, 0.15) is 0 Å². The van der Waals surface area contributed by atoms with E-state index in [9.17, 15) is 4.79 Å². The van der Waals surface area contributed by atoms with Crippen molar-refractivity contribution in [1.29, 1.82) is 0 Å². The molecule has 3 atom stereocenters. The number of carbonyl (C=O) groups is 1. The van der Waals surface area contributed by atoms with E-state index in [2.05, 4.69) is 11.9 Å². The van der Waals surface area contributed by atoms with Gasteiger partial charge < -0.3 is 10.0 Å². The summed E-state index contributed by atoms with van der Waals surface area (Å²) in [4.78, 5) is 13.2. The maximum Gasteiger partial charge on any atom is 0.331 e. The molecule has 0 spiro atoms. The van der Waals surface area contributed by atoms with Crippen LogP contribution in [0.4, 0.5) is 0 Å². The number of aliphatic carboxylic acids is 1. The van der Waals surface area contributed by atoms with E-state index in [1.54, 1.807) is 0 Å². The molecule has 0 aromatic rings. The Morgan fingerprint density at radius 3 is 2.67 bits per heavy atom. The van der Waals surface area contributed by atoms with E-state index in [4.69, 9.17) is 5.11 Å². The summed E-state index contributed by atoms with van der Waals surface area (Å²) in [6, 6.07) is 0. The van der Waals surface area contributed by atoms with Crippen molar-refractivity contribution in [3.63, 3.8) is 0 Å². The van der Waals surface area contributed by atoms with Gasteiger partial charge in [0.2, 0.25) is 0 Å². The predicted octanol–water partition coefficient (Wildman–Crippen LogP) is 2.78. The fourth-order valence-corrected chi connectivity index (χ4v) is 3.72. The van der Waals surface area contributed by atoms with Crippen molar-refractivity contribution >= 4 is 5.97 Å². The molecule has 0 radical (unpaired) electrons. The third-order valence-corrected chi connectivity index (χ3v) is 4.74. The molecule has 3 heteroatoms. The van der Waals surface area contributed by atoms with E-state index < -0.39 is 5.97 Å². The van der Waals surface area contributed by atoms with Gasteiger partial charge in [-0.1, -0.05) is 19.4 Å². The summed E-state index contributed by atoms with van der Waals surface area (Å²) in [5, 5.41) is 8.97. The molecule has 2 bridgehead atoms. The first-order chi connectivity index (χ1) is 8.60. The van der Waals surface area contributed by atoms with Gasteiger partial charge in [0.05, 0.1) is 0 Å². The minimum atomic E-state index is -0.772. The van der Waals surface area contributed by atoms with E-state index in [1.807, 2.05) is 13.0 Å². The molecule has 1 N–H and O–H groups in total. The highest BCUT2D eigenvalue weighted by Gasteiger charge is 2.39. The SMILES string of the molecule is CCC(=CCN(C)CC1CC2CCC1C2)C(=O)O. The predicted molar refractivity (Wildman–Crippen MR) is 72.4 cm³/mol. The standard InChI is InChI=1S/C15H25NO2/c1-3-12(15(17)18)6-7-16(2)10-14-9-11-4-5-13(14)8-11/h6,11,13-14H,3-5,7-10H2,1-2H3,(H,17,18). The molecule has 0 saturated heterocycles. The van der Waals surface area contributed by atoms with Crippen molar-refractivity contribution in [2.75, 3.05) is 20.1 Å². The Hall–Kier alpha value is -0.830. The first-order valence-electron chi connectivity index (χ1n) is 7.21. The van der Waals surface area contributed by atoms with Gasteiger partial charge in [-0.3, -0.25) is 0 Å². The summed E-state index contributed by atoms with van der Waals surface area (Å²) in [5.41, 5.74) is 0.537. The third-order valence-electron chi connectivity index (χ3n) is 4.74. The third kappa shape index (κ3) is 3.14. The van der Waals surface area contributed by atoms with Crippen LogP contribution in [0.1, 0.15) is 39.0 Å². The Balaban J connectivity index is 1.78. The lowest BCUT2D eigenvalue weighted by Crippen LogP contribution is -2.29. The van der Waals surface area contributed by atoms with Gasteiger partial charge in [-0.05, 0) is 50.5 Å². The first kappa shape index (κ1) is 13.6. The van der Waals surface area contributed by atoms with E-state index >= 15 is 0 Å². The second-order valence-electron chi connectivity index (χ2n) is 6.04. The fourth-order valence-electron chi connectivity index (χ4n) is 3.72. The molecule has 2 rings (SSSR count). The molecule has 3 unspecified atom stereocenters. The van der Waals surface area contributed by atoms with Crippen LogP contribution >= 0.6 is 0 Å². The quantitative estimate of drug-likeness (QED) is 0.738. The first-order valence-corrected chi connectivity index (χ1v) is 7.21. The minimum Gasteiger partial charge on any atom is -0.478 e. The summed E-state index contributed by atoms with van der Waals surface area (Å²) in [6.07, 6.45) is 8.20. The largest absolute Gasteiger partial charge is 0.478 e. The Bertz CT molecular complexity index is 337. The molecule has 2 saturated carbocycles. The Kier molecular flexibility index (Phi) is 4.44. The van der Waals surface area contributed by atoms with Crippen LogP contribution in [0.25, 0.3) is 0 Å². The molecule has 18 heavy (non-hydrogen) atoms. The Morgan fingerprint density at radius 1 is 1.39 bits per heavy atom. The van der Waals surface area contributed by atoms with E-state index in [-0.39, 0.29) is 0 Å². The van der Waals surface area contributed by atoms with Crippen molar-refractivity contribution in [3.8, 4) is 0 Å². The van der Waals surface area contributed by atoms with Gasteiger partial charge >= 0.3 is 5.97 Å². The van der Waals surface area contributed by atoms with Crippen LogP contribution in [0.5, 0.6) is 0 Å². The molecule has 0 aliphatic heterocycles. The monoisotopic (exact) mass is 251 g/mol. The number of fused-ring (bicyclic) bond motifs is 2. The van der Waals surface area contributed by atoms with E-state index in [0.717, 1.165) is 30.8 Å². The van der Waals surface area contributed by atoms with Crippen LogP contribution in [0.3, 0.4) is 0 Å². The zero-order chi connectivity index (χ0) is 13.1. The lowest BCUT2D eigenvalue weighted by atomic mass is 9.88. The van der Waals surface area contributed by atoms with Crippen LogP contribution in [-0.2, 0) is 4.79 Å². The van der Waals surface area contributed by atoms with Crippen LogP contribution < -0.4 is 0 Å². The Morgan fingerprint density at radius 2 is 2.17 bits per heavy atom. The number of rotatable bonds is 6. The number of carboxylic acid groups (broad SMARTS) is 1. The number of hydrogen-bond donors (Lipinski definition) is 1. The molecule has 2 aliphatic rings. The topological polar surface area (TPSA) is 40.5 Å². The number of nitrogens with zero attached hydrogens (tertiary/aromatic N) is 1. The zero-order valence-corrected chi connectivity index (χ0v) is 11.6. The highest BCUT2D eigenvalue weighted by atomic mass is 16.4. The van der Waals surface area contributed by atoms with Gasteiger partial charge in [0.25, 0.3) is 0 Å². The van der Waals surface area contributed by atoms with Crippen LogP contribution in [0.15, 0.2) is 11.6 Å². The second-order valence-corrected chi connectivity index (χ2v) is 6.04. The highest BCUT2D eigenvalue weighted by Crippen LogP contribution is 2.48. The molecule has 0 amide bonds. The van der Waals surface area contributed by atoms with Crippen molar-refractivity contribution in [3.05, 3.63) is 11.6 Å². The van der Waals surface area contributed by atoms with Gasteiger partial charge in [-0.15, -0.1) is 0 Å². The normalized spacial score (nSPS) is 31.3. The number of carboxylic acids is 1. The van der Waals surface area contributed by atoms with E-state index in [0.29, 0.717) is 12.0 Å². The summed E-state index contributed by atoms with van der Waals surface area (Å²) in [6.45, 7) is 3.80. The lowest BCUT2D eigenvalue weighted by Gasteiger charge is -2.26. The van der Waals surface area contributed by atoms with Crippen molar-refractivity contribution in [2.24, 2.45) is 17.8 Å². The molecule has 102 valence electrons. The van der Waals surface area contributed by atoms with Gasteiger partial charge in [0, 0.05) is 18.7 Å². The molecule has 0 heterocycles.